The Morgan fingerprint density at radius 3 is 2.84 bits per heavy atom. The van der Waals surface area contributed by atoms with E-state index < -0.39 is 5.97 Å². The Bertz CT molecular complexity index is 585. The second kappa shape index (κ2) is 5.47. The van der Waals surface area contributed by atoms with Crippen LogP contribution in [0.2, 0.25) is 0 Å². The van der Waals surface area contributed by atoms with Crippen molar-refractivity contribution in [1.29, 1.82) is 0 Å². The highest BCUT2D eigenvalue weighted by atomic mass is 19.1. The van der Waals surface area contributed by atoms with Gasteiger partial charge in [0, 0.05) is 13.6 Å². The predicted molar refractivity (Wildman–Crippen MR) is 66.7 cm³/mol. The molecule has 19 heavy (non-hydrogen) atoms. The van der Waals surface area contributed by atoms with Crippen LogP contribution in [0.25, 0.3) is 0 Å². The second-order valence-corrected chi connectivity index (χ2v) is 4.04. The van der Waals surface area contributed by atoms with E-state index in [1.807, 2.05) is 0 Å². The molecule has 0 aliphatic carbocycles. The van der Waals surface area contributed by atoms with Gasteiger partial charge in [0.15, 0.2) is 5.69 Å². The van der Waals surface area contributed by atoms with Crippen LogP contribution >= 0.6 is 0 Å². The first kappa shape index (κ1) is 13.0. The minimum atomic E-state index is -1.12. The molecule has 1 aromatic carbocycles. The summed E-state index contributed by atoms with van der Waals surface area (Å²) in [6.45, 7) is 0.911. The van der Waals surface area contributed by atoms with Crippen LogP contribution in [0.5, 0.6) is 0 Å². The SMILES string of the molecule is CN(CCn1cc(C(=O)O)nn1)c1ccccc1F. The third-order valence-electron chi connectivity index (χ3n) is 2.69. The number of benzene rings is 1. The van der Waals surface area contributed by atoms with E-state index in [0.29, 0.717) is 18.8 Å². The van der Waals surface area contributed by atoms with Gasteiger partial charge in [0.25, 0.3) is 0 Å². The summed E-state index contributed by atoms with van der Waals surface area (Å²) in [5, 5.41) is 15.9. The zero-order valence-corrected chi connectivity index (χ0v) is 10.3. The molecular weight excluding hydrogens is 251 g/mol. The van der Waals surface area contributed by atoms with Gasteiger partial charge in [-0.1, -0.05) is 17.3 Å². The smallest absolute Gasteiger partial charge is 0.358 e. The molecule has 0 atom stereocenters. The van der Waals surface area contributed by atoms with Gasteiger partial charge in [-0.3, -0.25) is 0 Å². The molecule has 1 heterocycles. The Morgan fingerprint density at radius 1 is 1.47 bits per heavy atom. The van der Waals surface area contributed by atoms with Crippen molar-refractivity contribution in [2.45, 2.75) is 6.54 Å². The molecule has 2 rings (SSSR count). The van der Waals surface area contributed by atoms with Gasteiger partial charge >= 0.3 is 5.97 Å². The fourth-order valence-electron chi connectivity index (χ4n) is 1.64. The lowest BCUT2D eigenvalue weighted by Crippen LogP contribution is -2.23. The maximum absolute atomic E-state index is 13.5. The molecule has 0 unspecified atom stereocenters. The number of carboxylic acid groups (broad SMARTS) is 1. The number of rotatable bonds is 5. The molecule has 0 aliphatic heterocycles. The van der Waals surface area contributed by atoms with Crippen LogP contribution in [0.15, 0.2) is 30.5 Å². The van der Waals surface area contributed by atoms with Gasteiger partial charge in [-0.05, 0) is 12.1 Å². The van der Waals surface area contributed by atoms with E-state index in [1.54, 1.807) is 30.1 Å². The number of carbonyl (C=O) groups is 1. The van der Waals surface area contributed by atoms with Crippen LogP contribution in [-0.4, -0.2) is 39.7 Å². The number of para-hydroxylation sites is 1. The molecule has 0 saturated carbocycles. The molecule has 0 saturated heterocycles. The zero-order valence-electron chi connectivity index (χ0n) is 10.3. The van der Waals surface area contributed by atoms with Crippen LogP contribution in [-0.2, 0) is 6.54 Å². The van der Waals surface area contributed by atoms with Crippen LogP contribution in [0.4, 0.5) is 10.1 Å². The first-order valence-electron chi connectivity index (χ1n) is 5.67. The second-order valence-electron chi connectivity index (χ2n) is 4.04. The Hall–Kier alpha value is -2.44. The molecule has 6 nitrogen and oxygen atoms in total. The van der Waals surface area contributed by atoms with E-state index in [2.05, 4.69) is 10.3 Å². The summed E-state index contributed by atoms with van der Waals surface area (Å²) >= 11 is 0. The maximum atomic E-state index is 13.5. The molecule has 0 fully saturated rings. The van der Waals surface area contributed by atoms with E-state index in [9.17, 15) is 9.18 Å². The predicted octanol–water partition coefficient (Wildman–Crippen LogP) is 1.25. The minimum Gasteiger partial charge on any atom is -0.476 e. The maximum Gasteiger partial charge on any atom is 0.358 e. The van der Waals surface area contributed by atoms with Gasteiger partial charge in [-0.25, -0.2) is 13.9 Å². The Labute approximate surface area is 109 Å². The molecule has 7 heteroatoms. The molecule has 0 spiro atoms. The highest BCUT2D eigenvalue weighted by Gasteiger charge is 2.10. The first-order valence-corrected chi connectivity index (χ1v) is 5.67. The number of carboxylic acids is 1. The van der Waals surface area contributed by atoms with Crippen LogP contribution in [0.3, 0.4) is 0 Å². The Morgan fingerprint density at radius 2 is 2.21 bits per heavy atom. The standard InChI is InChI=1S/C12H13FN4O2/c1-16(11-5-3-2-4-9(11)13)6-7-17-8-10(12(18)19)14-15-17/h2-5,8H,6-7H2,1H3,(H,18,19). The molecule has 1 N–H and O–H groups in total. The van der Waals surface area contributed by atoms with Crippen molar-refractivity contribution in [1.82, 2.24) is 15.0 Å². The highest BCUT2D eigenvalue weighted by Crippen LogP contribution is 2.16. The van der Waals surface area contributed by atoms with Gasteiger partial charge in [0.2, 0.25) is 0 Å². The normalized spacial score (nSPS) is 10.4. The molecule has 0 radical (unpaired) electrons. The van der Waals surface area contributed by atoms with Gasteiger partial charge in [-0.15, -0.1) is 5.10 Å². The van der Waals surface area contributed by atoms with Crippen molar-refractivity contribution in [3.05, 3.63) is 42.0 Å². The van der Waals surface area contributed by atoms with E-state index in [1.165, 1.54) is 16.9 Å². The monoisotopic (exact) mass is 264 g/mol. The van der Waals surface area contributed by atoms with E-state index in [0.717, 1.165) is 0 Å². The summed E-state index contributed by atoms with van der Waals surface area (Å²) in [7, 11) is 1.76. The Balaban J connectivity index is 1.98. The first-order chi connectivity index (χ1) is 9.08. The molecule has 100 valence electrons. The summed E-state index contributed by atoms with van der Waals surface area (Å²) in [5.41, 5.74) is 0.384. The van der Waals surface area contributed by atoms with Crippen molar-refractivity contribution >= 4 is 11.7 Å². The third-order valence-corrected chi connectivity index (χ3v) is 2.69. The molecule has 0 bridgehead atoms. The van der Waals surface area contributed by atoms with Gasteiger partial charge in [-0.2, -0.15) is 0 Å². The van der Waals surface area contributed by atoms with E-state index in [4.69, 9.17) is 5.11 Å². The number of halogens is 1. The van der Waals surface area contributed by atoms with Gasteiger partial charge < -0.3 is 10.0 Å². The van der Waals surface area contributed by atoms with Crippen molar-refractivity contribution in [3.63, 3.8) is 0 Å². The fraction of sp³-hybridized carbons (Fsp3) is 0.250. The van der Waals surface area contributed by atoms with Crippen molar-refractivity contribution in [2.24, 2.45) is 0 Å². The lowest BCUT2D eigenvalue weighted by molar-refractivity contribution is 0.0690. The number of hydrogen-bond donors (Lipinski definition) is 1. The largest absolute Gasteiger partial charge is 0.476 e. The minimum absolute atomic E-state index is 0.103. The number of likely N-dealkylation sites (N-methyl/N-ethyl adjacent to an activating group) is 1. The third kappa shape index (κ3) is 3.06. The van der Waals surface area contributed by atoms with Crippen molar-refractivity contribution < 1.29 is 14.3 Å². The van der Waals surface area contributed by atoms with Crippen LogP contribution in [0.1, 0.15) is 10.5 Å². The number of aromatic carboxylic acids is 1. The molecule has 0 aliphatic rings. The van der Waals surface area contributed by atoms with Crippen molar-refractivity contribution in [2.75, 3.05) is 18.5 Å². The van der Waals surface area contributed by atoms with Gasteiger partial charge in [0.1, 0.15) is 5.82 Å². The van der Waals surface area contributed by atoms with Gasteiger partial charge in [0.05, 0.1) is 18.4 Å². The summed E-state index contributed by atoms with van der Waals surface area (Å²) in [5.74, 6) is -1.41. The number of nitrogens with zero attached hydrogens (tertiary/aromatic N) is 4. The van der Waals surface area contributed by atoms with E-state index >= 15 is 0 Å². The quantitative estimate of drug-likeness (QED) is 0.880. The molecule has 0 amide bonds. The number of aromatic nitrogens is 3. The van der Waals surface area contributed by atoms with E-state index in [-0.39, 0.29) is 11.5 Å². The zero-order chi connectivity index (χ0) is 13.8. The molecule has 1 aromatic heterocycles. The summed E-state index contributed by atoms with van der Waals surface area (Å²) in [6.07, 6.45) is 1.34. The lowest BCUT2D eigenvalue weighted by atomic mass is 10.3. The van der Waals surface area contributed by atoms with Crippen molar-refractivity contribution in [3.8, 4) is 0 Å². The summed E-state index contributed by atoms with van der Waals surface area (Å²) in [4.78, 5) is 12.4. The molecular formula is C12H13FN4O2. The number of anilines is 1. The summed E-state index contributed by atoms with van der Waals surface area (Å²) in [6, 6.07) is 6.46. The average Bonchev–Trinajstić information content (AvgIpc) is 2.85. The topological polar surface area (TPSA) is 71.2 Å². The summed E-state index contributed by atoms with van der Waals surface area (Å²) < 4.78 is 14.9. The number of hydrogen-bond acceptors (Lipinski definition) is 4. The Kier molecular flexibility index (Phi) is 3.74. The lowest BCUT2D eigenvalue weighted by Gasteiger charge is -2.19. The van der Waals surface area contributed by atoms with Crippen LogP contribution in [0, 0.1) is 5.82 Å². The van der Waals surface area contributed by atoms with Crippen LogP contribution < -0.4 is 4.90 Å². The molecule has 2 aromatic rings. The highest BCUT2D eigenvalue weighted by molar-refractivity contribution is 5.84. The average molecular weight is 264 g/mol. The fourth-order valence-corrected chi connectivity index (χ4v) is 1.64.